The van der Waals surface area contributed by atoms with Crippen molar-refractivity contribution in [2.75, 3.05) is 50.7 Å². The Hall–Kier alpha value is -1.56. The number of rotatable bonds is 3. The van der Waals surface area contributed by atoms with Gasteiger partial charge in [-0.25, -0.2) is 4.98 Å². The summed E-state index contributed by atoms with van der Waals surface area (Å²) in [7, 11) is 2.02. The minimum absolute atomic E-state index is 0.299. The van der Waals surface area contributed by atoms with Gasteiger partial charge in [-0.1, -0.05) is 0 Å². The van der Waals surface area contributed by atoms with Gasteiger partial charge in [-0.15, -0.1) is 0 Å². The van der Waals surface area contributed by atoms with Crippen molar-refractivity contribution in [1.82, 2.24) is 19.4 Å². The Morgan fingerprint density at radius 3 is 2.45 bits per heavy atom. The molecule has 0 atom stereocenters. The van der Waals surface area contributed by atoms with Gasteiger partial charge in [0.05, 0.1) is 6.54 Å². The first-order valence-electron chi connectivity index (χ1n) is 7.46. The van der Waals surface area contributed by atoms with Gasteiger partial charge >= 0.3 is 0 Å². The third-order valence-corrected chi connectivity index (χ3v) is 4.27. The van der Waals surface area contributed by atoms with E-state index in [2.05, 4.69) is 14.8 Å². The summed E-state index contributed by atoms with van der Waals surface area (Å²) in [6.45, 7) is 6.24. The second-order valence-electron chi connectivity index (χ2n) is 5.69. The first kappa shape index (κ1) is 13.4. The summed E-state index contributed by atoms with van der Waals surface area (Å²) in [6, 6.07) is 0. The molecule has 0 N–H and O–H groups in total. The number of anilines is 1. The number of likely N-dealkylation sites (tertiary alicyclic amines) is 1. The van der Waals surface area contributed by atoms with Gasteiger partial charge in [0.25, 0.3) is 0 Å². The number of nitrogens with zero attached hydrogens (tertiary/aromatic N) is 5. The van der Waals surface area contributed by atoms with Crippen molar-refractivity contribution in [1.29, 1.82) is 0 Å². The van der Waals surface area contributed by atoms with Crippen molar-refractivity contribution >= 4 is 11.9 Å². The number of hydrogen-bond donors (Lipinski definition) is 0. The van der Waals surface area contributed by atoms with E-state index in [-0.39, 0.29) is 0 Å². The number of hydrogen-bond acceptors (Lipinski definition) is 4. The third kappa shape index (κ3) is 2.80. The lowest BCUT2D eigenvalue weighted by atomic mass is 10.3. The van der Waals surface area contributed by atoms with E-state index < -0.39 is 0 Å². The van der Waals surface area contributed by atoms with Crippen LogP contribution in [0, 0.1) is 0 Å². The highest BCUT2D eigenvalue weighted by molar-refractivity contribution is 5.78. The SMILES string of the molecule is Cn1ccnc1N1CCN(CC(=O)N2CCCC2)CC1. The van der Waals surface area contributed by atoms with Crippen LogP contribution in [-0.2, 0) is 11.8 Å². The van der Waals surface area contributed by atoms with Gasteiger partial charge in [-0.2, -0.15) is 0 Å². The zero-order valence-corrected chi connectivity index (χ0v) is 12.2. The molecule has 0 aromatic carbocycles. The molecule has 1 aromatic rings. The molecule has 20 heavy (non-hydrogen) atoms. The van der Waals surface area contributed by atoms with Crippen molar-refractivity contribution < 1.29 is 4.79 Å². The maximum atomic E-state index is 12.1. The van der Waals surface area contributed by atoms with Crippen LogP contribution in [0.25, 0.3) is 0 Å². The monoisotopic (exact) mass is 277 g/mol. The molecule has 0 spiro atoms. The maximum Gasteiger partial charge on any atom is 0.236 e. The summed E-state index contributed by atoms with van der Waals surface area (Å²) < 4.78 is 2.05. The van der Waals surface area contributed by atoms with Crippen molar-refractivity contribution in [2.24, 2.45) is 7.05 Å². The largest absolute Gasteiger partial charge is 0.342 e. The third-order valence-electron chi connectivity index (χ3n) is 4.27. The van der Waals surface area contributed by atoms with E-state index in [4.69, 9.17) is 0 Å². The summed E-state index contributed by atoms with van der Waals surface area (Å²) in [5, 5.41) is 0. The Kier molecular flexibility index (Phi) is 3.91. The minimum atomic E-state index is 0.299. The zero-order chi connectivity index (χ0) is 13.9. The molecule has 2 fully saturated rings. The number of piperazine rings is 1. The quantitative estimate of drug-likeness (QED) is 0.790. The van der Waals surface area contributed by atoms with Gasteiger partial charge in [-0.3, -0.25) is 9.69 Å². The van der Waals surface area contributed by atoms with Crippen LogP contribution in [0.3, 0.4) is 0 Å². The number of amides is 1. The highest BCUT2D eigenvalue weighted by Gasteiger charge is 2.24. The molecule has 1 amide bonds. The predicted octanol–water partition coefficient (Wildman–Crippen LogP) is 0.165. The fourth-order valence-corrected chi connectivity index (χ4v) is 3.03. The molecule has 2 aliphatic rings. The maximum absolute atomic E-state index is 12.1. The fraction of sp³-hybridized carbons (Fsp3) is 0.714. The zero-order valence-electron chi connectivity index (χ0n) is 12.2. The van der Waals surface area contributed by atoms with Crippen LogP contribution in [0.5, 0.6) is 0 Å². The van der Waals surface area contributed by atoms with Gasteiger partial charge < -0.3 is 14.4 Å². The van der Waals surface area contributed by atoms with E-state index in [0.717, 1.165) is 45.2 Å². The van der Waals surface area contributed by atoms with Crippen LogP contribution in [-0.4, -0.2) is 71.1 Å². The molecule has 110 valence electrons. The lowest BCUT2D eigenvalue weighted by molar-refractivity contribution is -0.131. The predicted molar refractivity (Wildman–Crippen MR) is 77.7 cm³/mol. The van der Waals surface area contributed by atoms with Crippen molar-refractivity contribution in [3.63, 3.8) is 0 Å². The Morgan fingerprint density at radius 1 is 1.15 bits per heavy atom. The molecule has 3 rings (SSSR count). The molecule has 1 aromatic heterocycles. The van der Waals surface area contributed by atoms with Gasteiger partial charge in [0.1, 0.15) is 0 Å². The molecular formula is C14H23N5O. The topological polar surface area (TPSA) is 44.6 Å². The van der Waals surface area contributed by atoms with E-state index in [1.54, 1.807) is 0 Å². The minimum Gasteiger partial charge on any atom is -0.342 e. The van der Waals surface area contributed by atoms with Crippen LogP contribution in [0.4, 0.5) is 5.95 Å². The molecule has 0 unspecified atom stereocenters. The number of carbonyl (C=O) groups is 1. The highest BCUT2D eigenvalue weighted by Crippen LogP contribution is 2.13. The van der Waals surface area contributed by atoms with Crippen molar-refractivity contribution in [3.05, 3.63) is 12.4 Å². The molecule has 0 aliphatic carbocycles. The normalized spacial score (nSPS) is 20.6. The van der Waals surface area contributed by atoms with Gasteiger partial charge in [-0.05, 0) is 12.8 Å². The number of imidazole rings is 1. The summed E-state index contributed by atoms with van der Waals surface area (Å²) in [5.74, 6) is 1.32. The van der Waals surface area contributed by atoms with Crippen LogP contribution in [0.2, 0.25) is 0 Å². The number of carbonyl (C=O) groups excluding carboxylic acids is 1. The highest BCUT2D eigenvalue weighted by atomic mass is 16.2. The Bertz CT molecular complexity index is 458. The molecule has 2 saturated heterocycles. The van der Waals surface area contributed by atoms with E-state index in [0.29, 0.717) is 12.5 Å². The Balaban J connectivity index is 1.49. The molecule has 0 bridgehead atoms. The van der Waals surface area contributed by atoms with E-state index in [1.165, 1.54) is 12.8 Å². The summed E-state index contributed by atoms with van der Waals surface area (Å²) in [4.78, 5) is 23.1. The van der Waals surface area contributed by atoms with Gasteiger partial charge in [0.2, 0.25) is 11.9 Å². The summed E-state index contributed by atoms with van der Waals surface area (Å²) in [5.41, 5.74) is 0. The standard InChI is InChI=1S/C14H23N5O/c1-16-7-4-15-14(16)19-10-8-17(9-11-19)12-13(20)18-5-2-3-6-18/h4,7H,2-3,5-6,8-12H2,1H3. The molecule has 3 heterocycles. The van der Waals surface area contributed by atoms with E-state index in [1.807, 2.05) is 28.9 Å². The number of aryl methyl sites for hydroxylation is 1. The summed E-state index contributed by atoms with van der Waals surface area (Å²) in [6.07, 6.45) is 6.13. The van der Waals surface area contributed by atoms with E-state index >= 15 is 0 Å². The van der Waals surface area contributed by atoms with Crippen LogP contribution < -0.4 is 4.90 Å². The molecule has 6 heteroatoms. The van der Waals surface area contributed by atoms with Crippen LogP contribution in [0.1, 0.15) is 12.8 Å². The Morgan fingerprint density at radius 2 is 1.85 bits per heavy atom. The van der Waals surface area contributed by atoms with Crippen LogP contribution in [0.15, 0.2) is 12.4 Å². The molecular weight excluding hydrogens is 254 g/mol. The van der Waals surface area contributed by atoms with Gasteiger partial charge in [0.15, 0.2) is 0 Å². The first-order valence-corrected chi connectivity index (χ1v) is 7.46. The molecule has 0 radical (unpaired) electrons. The first-order chi connectivity index (χ1) is 9.74. The second-order valence-corrected chi connectivity index (χ2v) is 5.69. The lowest BCUT2D eigenvalue weighted by Crippen LogP contribution is -2.50. The average molecular weight is 277 g/mol. The summed E-state index contributed by atoms with van der Waals surface area (Å²) >= 11 is 0. The fourth-order valence-electron chi connectivity index (χ4n) is 3.03. The van der Waals surface area contributed by atoms with Gasteiger partial charge in [0, 0.05) is 58.7 Å². The van der Waals surface area contributed by atoms with E-state index in [9.17, 15) is 4.79 Å². The smallest absolute Gasteiger partial charge is 0.236 e. The lowest BCUT2D eigenvalue weighted by Gasteiger charge is -2.35. The molecule has 6 nitrogen and oxygen atoms in total. The van der Waals surface area contributed by atoms with Crippen molar-refractivity contribution in [3.8, 4) is 0 Å². The van der Waals surface area contributed by atoms with Crippen LogP contribution >= 0.6 is 0 Å². The second kappa shape index (κ2) is 5.83. The molecule has 0 saturated carbocycles. The molecule has 2 aliphatic heterocycles. The van der Waals surface area contributed by atoms with Crippen molar-refractivity contribution in [2.45, 2.75) is 12.8 Å². The number of aromatic nitrogens is 2. The average Bonchev–Trinajstić information content (AvgIpc) is 3.11. The Labute approximate surface area is 120 Å².